The molecular weight excluding hydrogens is 442 g/mol. The van der Waals surface area contributed by atoms with E-state index in [4.69, 9.17) is 4.74 Å². The predicted molar refractivity (Wildman–Crippen MR) is 134 cm³/mol. The Hall–Kier alpha value is -2.70. The van der Waals surface area contributed by atoms with Crippen molar-refractivity contribution in [1.82, 2.24) is 5.32 Å². The summed E-state index contributed by atoms with van der Waals surface area (Å²) in [6.07, 6.45) is 8.39. The van der Waals surface area contributed by atoms with Crippen LogP contribution in [0.4, 0.5) is 0 Å². The molecule has 6 heteroatoms. The van der Waals surface area contributed by atoms with E-state index in [-0.39, 0.29) is 17.9 Å². The highest BCUT2D eigenvalue weighted by molar-refractivity contribution is 5.94. The summed E-state index contributed by atoms with van der Waals surface area (Å²) in [4.78, 5) is 26.8. The normalized spacial score (nSPS) is 40.0. The summed E-state index contributed by atoms with van der Waals surface area (Å²) in [5, 5.41) is 24.7. The van der Waals surface area contributed by atoms with Gasteiger partial charge in [0.1, 0.15) is 0 Å². The van der Waals surface area contributed by atoms with Gasteiger partial charge in [0.25, 0.3) is 5.91 Å². The monoisotopic (exact) mass is 479 g/mol. The first-order chi connectivity index (χ1) is 16.7. The van der Waals surface area contributed by atoms with Crippen molar-refractivity contribution >= 4 is 11.9 Å². The maximum absolute atomic E-state index is 13.7. The maximum Gasteiger partial charge on any atom is 0.331 e. The fraction of sp³-hybridized carbons (Fsp3) is 0.517. The van der Waals surface area contributed by atoms with E-state index >= 15 is 0 Å². The number of amides is 1. The number of esters is 1. The highest BCUT2D eigenvalue weighted by Crippen LogP contribution is 2.52. The number of hydrogen-bond acceptors (Lipinski definition) is 5. The summed E-state index contributed by atoms with van der Waals surface area (Å²) >= 11 is 0. The average molecular weight is 480 g/mol. The van der Waals surface area contributed by atoms with Gasteiger partial charge in [-0.1, -0.05) is 75.8 Å². The Morgan fingerprint density at radius 2 is 1.86 bits per heavy atom. The second kappa shape index (κ2) is 10.5. The van der Waals surface area contributed by atoms with E-state index in [0.29, 0.717) is 24.3 Å². The largest absolute Gasteiger partial charge is 0.445 e. The first-order valence-electron chi connectivity index (χ1n) is 12.7. The lowest BCUT2D eigenvalue weighted by molar-refractivity contribution is -0.182. The number of allylic oxidation sites excluding steroid dienone is 1. The second-order valence-electron chi connectivity index (χ2n) is 10.5. The third-order valence-corrected chi connectivity index (χ3v) is 8.04. The summed E-state index contributed by atoms with van der Waals surface area (Å²) < 4.78 is 6.05. The van der Waals surface area contributed by atoms with Crippen molar-refractivity contribution in [3.05, 3.63) is 72.4 Å². The molecule has 6 nitrogen and oxygen atoms in total. The molecule has 4 rings (SSSR count). The van der Waals surface area contributed by atoms with E-state index in [9.17, 15) is 19.8 Å². The lowest BCUT2D eigenvalue weighted by Crippen LogP contribution is -2.61. The van der Waals surface area contributed by atoms with Gasteiger partial charge in [-0.15, -0.1) is 0 Å². The summed E-state index contributed by atoms with van der Waals surface area (Å²) in [7, 11) is 0. The molecular formula is C29H37NO5. The van der Waals surface area contributed by atoms with Crippen LogP contribution >= 0.6 is 0 Å². The molecule has 1 aromatic carbocycles. The molecule has 0 aromatic heterocycles. The Labute approximate surface area is 207 Å². The van der Waals surface area contributed by atoms with E-state index < -0.39 is 35.6 Å². The van der Waals surface area contributed by atoms with Crippen LogP contribution in [0.25, 0.3) is 0 Å². The van der Waals surface area contributed by atoms with Crippen LogP contribution in [0.3, 0.4) is 0 Å². The van der Waals surface area contributed by atoms with Crippen molar-refractivity contribution in [3.63, 3.8) is 0 Å². The molecule has 8 atom stereocenters. The first kappa shape index (κ1) is 25.4. The van der Waals surface area contributed by atoms with Crippen molar-refractivity contribution < 1.29 is 24.5 Å². The van der Waals surface area contributed by atoms with Gasteiger partial charge in [-0.05, 0) is 48.3 Å². The van der Waals surface area contributed by atoms with Crippen LogP contribution in [0.5, 0.6) is 0 Å². The van der Waals surface area contributed by atoms with Crippen LogP contribution in [0.2, 0.25) is 0 Å². The first-order valence-corrected chi connectivity index (χ1v) is 12.7. The van der Waals surface area contributed by atoms with Gasteiger partial charge >= 0.3 is 5.97 Å². The molecule has 1 aromatic rings. The van der Waals surface area contributed by atoms with E-state index in [2.05, 4.69) is 18.8 Å². The number of nitrogens with one attached hydrogen (secondary N) is 1. The minimum atomic E-state index is -1.57. The highest BCUT2D eigenvalue weighted by Gasteiger charge is 2.67. The molecule has 1 spiro atoms. The van der Waals surface area contributed by atoms with E-state index in [0.717, 1.165) is 24.8 Å². The SMILES string of the molecule is C=C1C(C)[C@H]2C(Cc3ccccc3)NC(=O)[C@]23OC(=O)/C=C/C(O)CCCC(C)C/C=C/[C@H]3C1O. The fourth-order valence-electron chi connectivity index (χ4n) is 6.09. The Morgan fingerprint density at radius 3 is 2.60 bits per heavy atom. The number of ether oxygens (including phenoxy) is 1. The zero-order chi connectivity index (χ0) is 25.2. The molecule has 35 heavy (non-hydrogen) atoms. The van der Waals surface area contributed by atoms with Crippen molar-refractivity contribution in [2.75, 3.05) is 0 Å². The van der Waals surface area contributed by atoms with Gasteiger partial charge < -0.3 is 20.3 Å². The smallest absolute Gasteiger partial charge is 0.331 e. The Bertz CT molecular complexity index is 1000. The third kappa shape index (κ3) is 5.00. The lowest BCUT2D eigenvalue weighted by Gasteiger charge is -2.49. The quantitative estimate of drug-likeness (QED) is 0.446. The average Bonchev–Trinajstić information content (AvgIpc) is 3.09. The number of carbonyl (C=O) groups is 2. The van der Waals surface area contributed by atoms with Crippen molar-refractivity contribution in [2.24, 2.45) is 23.7 Å². The van der Waals surface area contributed by atoms with Gasteiger partial charge in [-0.3, -0.25) is 4.79 Å². The molecule has 3 N–H and O–H groups in total. The van der Waals surface area contributed by atoms with Crippen molar-refractivity contribution in [3.8, 4) is 0 Å². The Morgan fingerprint density at radius 1 is 1.11 bits per heavy atom. The van der Waals surface area contributed by atoms with Crippen LogP contribution in [-0.4, -0.2) is 45.9 Å². The molecule has 0 bridgehead atoms. The van der Waals surface area contributed by atoms with Gasteiger partial charge in [-0.25, -0.2) is 4.79 Å². The number of aliphatic hydroxyl groups excluding tert-OH is 2. The number of aliphatic hydroxyl groups is 2. The third-order valence-electron chi connectivity index (χ3n) is 8.04. The number of benzene rings is 1. The molecule has 2 heterocycles. The molecule has 1 saturated carbocycles. The standard InChI is InChI=1S/C29H37NO5/c1-18-9-7-13-22(31)15-16-25(32)35-29-23(14-8-10-18)27(33)20(3)19(2)26(29)24(30-28(29)34)17-21-11-5-4-6-12-21/h4-6,8,11-12,14-16,18-19,22-24,26-27,31,33H,3,7,9-10,13,17H2,1-2H3,(H,30,34)/b14-8+,16-15+/t18?,19?,22?,23-,24?,26-,27?,29+/m0/s1. The van der Waals surface area contributed by atoms with Gasteiger partial charge in [0, 0.05) is 18.0 Å². The van der Waals surface area contributed by atoms with Gasteiger partial charge in [0.05, 0.1) is 18.1 Å². The Kier molecular flexibility index (Phi) is 7.62. The molecule has 2 fully saturated rings. The maximum atomic E-state index is 13.7. The topological polar surface area (TPSA) is 95.9 Å². The zero-order valence-corrected chi connectivity index (χ0v) is 20.6. The van der Waals surface area contributed by atoms with Crippen LogP contribution in [0.1, 0.15) is 45.1 Å². The minimum Gasteiger partial charge on any atom is -0.445 e. The molecule has 1 amide bonds. The fourth-order valence-corrected chi connectivity index (χ4v) is 6.09. The van der Waals surface area contributed by atoms with Crippen LogP contribution in [-0.2, 0) is 20.7 Å². The highest BCUT2D eigenvalue weighted by atomic mass is 16.6. The molecule has 0 radical (unpaired) electrons. The number of hydrogen-bond donors (Lipinski definition) is 3. The summed E-state index contributed by atoms with van der Waals surface area (Å²) in [5.41, 5.74) is 0.136. The summed E-state index contributed by atoms with van der Waals surface area (Å²) in [6, 6.07) is 9.59. The number of carbonyl (C=O) groups excluding carboxylic acids is 2. The van der Waals surface area contributed by atoms with Gasteiger partial charge in [0.2, 0.25) is 5.60 Å². The summed E-state index contributed by atoms with van der Waals surface area (Å²) in [5.74, 6) is -2.13. The molecule has 188 valence electrons. The van der Waals surface area contributed by atoms with Gasteiger partial charge in [-0.2, -0.15) is 0 Å². The molecule has 3 aliphatic rings. The number of rotatable bonds is 2. The van der Waals surface area contributed by atoms with Crippen molar-refractivity contribution in [2.45, 2.75) is 69.8 Å². The summed E-state index contributed by atoms with van der Waals surface area (Å²) in [6.45, 7) is 8.27. The predicted octanol–water partition coefficient (Wildman–Crippen LogP) is 3.49. The second-order valence-corrected chi connectivity index (χ2v) is 10.5. The van der Waals surface area contributed by atoms with Crippen LogP contribution in [0, 0.1) is 23.7 Å². The van der Waals surface area contributed by atoms with E-state index in [1.54, 1.807) is 0 Å². The molecule has 5 unspecified atom stereocenters. The van der Waals surface area contributed by atoms with Crippen LogP contribution in [0.15, 0.2) is 66.8 Å². The Balaban J connectivity index is 1.78. The zero-order valence-electron chi connectivity index (χ0n) is 20.6. The van der Waals surface area contributed by atoms with E-state index in [1.165, 1.54) is 12.2 Å². The lowest BCUT2D eigenvalue weighted by atomic mass is 9.59. The van der Waals surface area contributed by atoms with Gasteiger partial charge in [0.15, 0.2) is 0 Å². The molecule has 1 saturated heterocycles. The van der Waals surface area contributed by atoms with Crippen LogP contribution < -0.4 is 5.32 Å². The molecule has 1 aliphatic carbocycles. The van der Waals surface area contributed by atoms with Crippen molar-refractivity contribution in [1.29, 1.82) is 0 Å². The molecule has 2 aliphatic heterocycles. The van der Waals surface area contributed by atoms with E-state index in [1.807, 2.05) is 49.4 Å². The minimum absolute atomic E-state index is 0.262.